The van der Waals surface area contributed by atoms with Crippen LogP contribution in [-0.4, -0.2) is 38.8 Å². The van der Waals surface area contributed by atoms with Crippen molar-refractivity contribution in [2.75, 3.05) is 13.2 Å². The molecule has 0 unspecified atom stereocenters. The molecular formula is C17H15ClF3N5O2. The van der Waals surface area contributed by atoms with Crippen LogP contribution in [0.15, 0.2) is 30.7 Å². The fourth-order valence-electron chi connectivity index (χ4n) is 2.46. The molecule has 3 heterocycles. The van der Waals surface area contributed by atoms with Crippen molar-refractivity contribution in [1.82, 2.24) is 25.1 Å². The van der Waals surface area contributed by atoms with Gasteiger partial charge in [0.2, 0.25) is 5.88 Å². The number of hydrogen-bond donors (Lipinski definition) is 1. The molecule has 0 aliphatic heterocycles. The molecule has 0 saturated heterocycles. The third-order valence-electron chi connectivity index (χ3n) is 3.73. The van der Waals surface area contributed by atoms with E-state index in [4.69, 9.17) is 16.3 Å². The molecule has 0 aliphatic rings. The molecule has 3 aromatic rings. The first-order valence-corrected chi connectivity index (χ1v) is 8.63. The number of alkyl halides is 3. The summed E-state index contributed by atoms with van der Waals surface area (Å²) in [5, 5.41) is 7.36. The first kappa shape index (κ1) is 19.9. The number of hydrogen-bond acceptors (Lipinski definition) is 5. The van der Waals surface area contributed by atoms with E-state index in [0.29, 0.717) is 23.6 Å². The fourth-order valence-corrected chi connectivity index (χ4v) is 2.68. The molecule has 0 bridgehead atoms. The van der Waals surface area contributed by atoms with Gasteiger partial charge in [0.25, 0.3) is 5.91 Å². The molecular weight excluding hydrogens is 399 g/mol. The smallest absolute Gasteiger partial charge is 0.417 e. The molecule has 0 aliphatic carbocycles. The van der Waals surface area contributed by atoms with Crippen LogP contribution in [0, 0.1) is 0 Å². The Bertz CT molecular complexity index is 1010. The average molecular weight is 414 g/mol. The van der Waals surface area contributed by atoms with E-state index in [9.17, 15) is 18.0 Å². The quantitative estimate of drug-likeness (QED) is 0.670. The number of carbonyl (C=O) groups is 1. The van der Waals surface area contributed by atoms with Gasteiger partial charge < -0.3 is 10.1 Å². The highest BCUT2D eigenvalue weighted by Crippen LogP contribution is 2.33. The van der Waals surface area contributed by atoms with Crippen molar-refractivity contribution in [3.63, 3.8) is 0 Å². The van der Waals surface area contributed by atoms with E-state index >= 15 is 0 Å². The Kier molecular flexibility index (Phi) is 5.68. The van der Waals surface area contributed by atoms with Crippen LogP contribution in [0.5, 0.6) is 5.88 Å². The maximum Gasteiger partial charge on any atom is 0.417 e. The van der Waals surface area contributed by atoms with Crippen molar-refractivity contribution in [2.24, 2.45) is 0 Å². The van der Waals surface area contributed by atoms with Crippen LogP contribution in [0.2, 0.25) is 5.02 Å². The molecule has 1 N–H and O–H groups in total. The Balaban J connectivity index is 1.69. The summed E-state index contributed by atoms with van der Waals surface area (Å²) in [6, 6.07) is 2.43. The van der Waals surface area contributed by atoms with Gasteiger partial charge in [-0.1, -0.05) is 11.6 Å². The van der Waals surface area contributed by atoms with Gasteiger partial charge in [-0.15, -0.1) is 0 Å². The van der Waals surface area contributed by atoms with Gasteiger partial charge in [-0.3, -0.25) is 14.5 Å². The fraction of sp³-hybridized carbons (Fsp3) is 0.294. The number of aromatic nitrogens is 4. The van der Waals surface area contributed by atoms with Crippen LogP contribution in [0.25, 0.3) is 10.9 Å². The number of halogens is 4. The Labute approximate surface area is 162 Å². The third-order valence-corrected chi connectivity index (χ3v) is 4.00. The number of fused-ring (bicyclic) bond motifs is 1. The van der Waals surface area contributed by atoms with Crippen molar-refractivity contribution < 1.29 is 22.7 Å². The predicted octanol–water partition coefficient (Wildman–Crippen LogP) is 3.33. The van der Waals surface area contributed by atoms with E-state index in [0.717, 1.165) is 6.07 Å². The van der Waals surface area contributed by atoms with Gasteiger partial charge in [0.05, 0.1) is 23.0 Å². The molecule has 1 amide bonds. The van der Waals surface area contributed by atoms with Gasteiger partial charge in [0, 0.05) is 25.1 Å². The molecule has 0 radical (unpaired) electrons. The zero-order chi connectivity index (χ0) is 20.3. The molecule has 0 spiro atoms. The van der Waals surface area contributed by atoms with E-state index in [2.05, 4.69) is 20.4 Å². The Morgan fingerprint density at radius 2 is 2.14 bits per heavy atom. The summed E-state index contributed by atoms with van der Waals surface area (Å²) in [7, 11) is 0. The number of nitrogens with one attached hydrogen (secondary N) is 1. The second-order valence-electron chi connectivity index (χ2n) is 5.70. The second-order valence-corrected chi connectivity index (χ2v) is 6.11. The topological polar surface area (TPSA) is 81.9 Å². The number of amides is 1. The minimum absolute atomic E-state index is 0.0655. The maximum absolute atomic E-state index is 12.6. The van der Waals surface area contributed by atoms with Gasteiger partial charge in [0.1, 0.15) is 17.3 Å². The summed E-state index contributed by atoms with van der Waals surface area (Å²) < 4.78 is 44.8. The summed E-state index contributed by atoms with van der Waals surface area (Å²) in [5.41, 5.74) is -0.102. The van der Waals surface area contributed by atoms with Crippen molar-refractivity contribution in [1.29, 1.82) is 0 Å². The Morgan fingerprint density at radius 1 is 1.36 bits per heavy atom. The largest absolute Gasteiger partial charge is 0.475 e. The van der Waals surface area contributed by atoms with Crippen LogP contribution in [0.3, 0.4) is 0 Å². The highest BCUT2D eigenvalue weighted by atomic mass is 35.5. The minimum Gasteiger partial charge on any atom is -0.475 e. The van der Waals surface area contributed by atoms with Gasteiger partial charge in [0.15, 0.2) is 0 Å². The van der Waals surface area contributed by atoms with Crippen molar-refractivity contribution in [3.05, 3.63) is 47.0 Å². The highest BCUT2D eigenvalue weighted by Gasteiger charge is 2.31. The van der Waals surface area contributed by atoms with E-state index in [1.54, 1.807) is 23.9 Å². The molecule has 3 rings (SSSR count). The van der Waals surface area contributed by atoms with Crippen molar-refractivity contribution in [2.45, 2.75) is 19.6 Å². The lowest BCUT2D eigenvalue weighted by molar-refractivity contribution is -0.137. The standard InChI is InChI=1S/C17H15ClF3N5O2/c1-2-22-15(27)14-11-9-26(25-13(11)3-4-23-14)5-6-28-16-12(18)7-10(8-24-16)17(19,20)21/h3-4,7-9H,2,5-6H2,1H3,(H,22,27). The lowest BCUT2D eigenvalue weighted by Gasteiger charge is -2.10. The summed E-state index contributed by atoms with van der Waals surface area (Å²) in [5.74, 6) is -0.402. The van der Waals surface area contributed by atoms with E-state index in [1.165, 1.54) is 6.20 Å². The maximum atomic E-state index is 12.6. The molecule has 0 fully saturated rings. The second kappa shape index (κ2) is 8.01. The summed E-state index contributed by atoms with van der Waals surface area (Å²) in [4.78, 5) is 19.8. The van der Waals surface area contributed by atoms with E-state index in [1.807, 2.05) is 0 Å². The lowest BCUT2D eigenvalue weighted by Crippen LogP contribution is -2.23. The van der Waals surface area contributed by atoms with E-state index < -0.39 is 11.7 Å². The highest BCUT2D eigenvalue weighted by molar-refractivity contribution is 6.31. The minimum atomic E-state index is -4.53. The number of nitrogens with zero attached hydrogens (tertiary/aromatic N) is 4. The SMILES string of the molecule is CCNC(=O)c1nccc2nn(CCOc3ncc(C(F)(F)F)cc3Cl)cc12. The molecule has 0 atom stereocenters. The molecule has 148 valence electrons. The van der Waals surface area contributed by atoms with E-state index in [-0.39, 0.29) is 35.7 Å². The van der Waals surface area contributed by atoms with Crippen LogP contribution in [0.4, 0.5) is 13.2 Å². The van der Waals surface area contributed by atoms with Crippen LogP contribution >= 0.6 is 11.6 Å². The zero-order valence-corrected chi connectivity index (χ0v) is 15.4. The summed E-state index contributed by atoms with van der Waals surface area (Å²) in [6.07, 6.45) is -0.724. The van der Waals surface area contributed by atoms with Gasteiger partial charge >= 0.3 is 6.18 Å². The first-order valence-electron chi connectivity index (χ1n) is 8.25. The average Bonchev–Trinajstić information content (AvgIpc) is 3.05. The Morgan fingerprint density at radius 3 is 2.82 bits per heavy atom. The monoisotopic (exact) mass is 413 g/mol. The van der Waals surface area contributed by atoms with Gasteiger partial charge in [-0.2, -0.15) is 18.3 Å². The molecule has 7 nitrogen and oxygen atoms in total. The van der Waals surface area contributed by atoms with Gasteiger partial charge in [-0.05, 0) is 19.1 Å². The first-order chi connectivity index (χ1) is 13.3. The van der Waals surface area contributed by atoms with Crippen molar-refractivity contribution in [3.8, 4) is 5.88 Å². The Hall–Kier alpha value is -2.88. The normalized spacial score (nSPS) is 11.6. The number of carbonyl (C=O) groups excluding carboxylic acids is 1. The number of pyridine rings is 2. The van der Waals surface area contributed by atoms with Gasteiger partial charge in [-0.25, -0.2) is 4.98 Å². The van der Waals surface area contributed by atoms with Crippen LogP contribution in [0.1, 0.15) is 23.0 Å². The number of rotatable bonds is 6. The molecule has 3 aromatic heterocycles. The molecule has 11 heteroatoms. The van der Waals surface area contributed by atoms with Crippen LogP contribution in [-0.2, 0) is 12.7 Å². The molecule has 28 heavy (non-hydrogen) atoms. The zero-order valence-electron chi connectivity index (χ0n) is 14.6. The summed E-state index contributed by atoms with van der Waals surface area (Å²) in [6.45, 7) is 2.61. The number of ether oxygens (including phenoxy) is 1. The molecule has 0 aromatic carbocycles. The third kappa shape index (κ3) is 4.33. The van der Waals surface area contributed by atoms with Crippen LogP contribution < -0.4 is 10.1 Å². The predicted molar refractivity (Wildman–Crippen MR) is 95.3 cm³/mol. The molecule has 0 saturated carbocycles. The summed E-state index contributed by atoms with van der Waals surface area (Å²) >= 11 is 5.80. The lowest BCUT2D eigenvalue weighted by atomic mass is 10.2. The van der Waals surface area contributed by atoms with Crippen molar-refractivity contribution >= 4 is 28.4 Å².